The maximum atomic E-state index is 13.3. The van der Waals surface area contributed by atoms with E-state index in [1.807, 2.05) is 12.1 Å². The molecule has 3 heterocycles. The Kier molecular flexibility index (Phi) is 7.64. The number of aliphatic hydroxyl groups excluding tert-OH is 2. The summed E-state index contributed by atoms with van der Waals surface area (Å²) >= 11 is 0. The second kappa shape index (κ2) is 10.7. The van der Waals surface area contributed by atoms with Crippen molar-refractivity contribution in [3.05, 3.63) is 56.9 Å². The summed E-state index contributed by atoms with van der Waals surface area (Å²) in [5.41, 5.74) is 5.57. The van der Waals surface area contributed by atoms with E-state index in [1.54, 1.807) is 10.6 Å². The number of ether oxygens (including phenoxy) is 1. The lowest BCUT2D eigenvalue weighted by Crippen LogP contribution is -2.26. The number of carbonyl (C=O) groups is 1. The third-order valence-corrected chi connectivity index (χ3v) is 6.88. The van der Waals surface area contributed by atoms with E-state index in [9.17, 15) is 14.7 Å². The number of aldehydes is 1. The molecule has 0 radical (unpaired) electrons. The molecule has 2 aromatic heterocycles. The summed E-state index contributed by atoms with van der Waals surface area (Å²) in [5.74, 6) is 0.450. The van der Waals surface area contributed by atoms with Crippen LogP contribution in [-0.4, -0.2) is 46.3 Å². The molecule has 1 aliphatic rings. The van der Waals surface area contributed by atoms with E-state index >= 15 is 0 Å². The summed E-state index contributed by atoms with van der Waals surface area (Å²) in [6.45, 7) is 5.66. The topological polar surface area (TPSA) is 114 Å². The highest BCUT2D eigenvalue weighted by molar-refractivity contribution is 5.90. The van der Waals surface area contributed by atoms with Gasteiger partial charge in [0.1, 0.15) is 6.10 Å². The van der Waals surface area contributed by atoms with Gasteiger partial charge >= 0.3 is 0 Å². The number of pyridine rings is 2. The molecule has 2 atom stereocenters. The number of nitrogens with one attached hydrogen (secondary N) is 1. The van der Waals surface area contributed by atoms with Crippen molar-refractivity contribution in [1.82, 2.24) is 9.55 Å². The zero-order valence-electron chi connectivity index (χ0n) is 20.5. The Morgan fingerprint density at radius 2 is 2.06 bits per heavy atom. The highest BCUT2D eigenvalue weighted by Crippen LogP contribution is 2.37. The maximum Gasteiger partial charge on any atom is 0.257 e. The monoisotopic (exact) mass is 479 g/mol. The predicted molar refractivity (Wildman–Crippen MR) is 136 cm³/mol. The quantitative estimate of drug-likeness (QED) is 0.283. The lowest BCUT2D eigenvalue weighted by molar-refractivity contribution is -0.115. The van der Waals surface area contributed by atoms with Crippen LogP contribution in [0.2, 0.25) is 0 Å². The highest BCUT2D eigenvalue weighted by atomic mass is 16.5. The van der Waals surface area contributed by atoms with Gasteiger partial charge in [0.2, 0.25) is 0 Å². The number of nitrogens with zero attached hydrogens (tertiary/aromatic N) is 2. The molecule has 1 aliphatic heterocycles. The second-order valence-corrected chi connectivity index (χ2v) is 9.20. The van der Waals surface area contributed by atoms with Crippen LogP contribution in [-0.2, 0) is 29.1 Å². The van der Waals surface area contributed by atoms with Crippen molar-refractivity contribution in [2.24, 2.45) is 5.92 Å². The molecular formula is C27H33N3O5. The van der Waals surface area contributed by atoms with Gasteiger partial charge in [-0.1, -0.05) is 13.8 Å². The Balaban J connectivity index is 1.76. The van der Waals surface area contributed by atoms with E-state index in [-0.39, 0.29) is 29.9 Å². The first kappa shape index (κ1) is 25.0. The van der Waals surface area contributed by atoms with Gasteiger partial charge in [0.25, 0.3) is 5.56 Å². The average molecular weight is 480 g/mol. The number of aryl methyl sites for hydroxylation is 1. The number of fused-ring (bicyclic) bond motifs is 4. The van der Waals surface area contributed by atoms with Gasteiger partial charge in [-0.05, 0) is 55.0 Å². The molecule has 3 N–H and O–H groups in total. The molecule has 2 unspecified atom stereocenters. The Morgan fingerprint density at radius 1 is 1.26 bits per heavy atom. The van der Waals surface area contributed by atoms with Crippen molar-refractivity contribution >= 4 is 22.9 Å². The van der Waals surface area contributed by atoms with Gasteiger partial charge in [0, 0.05) is 48.0 Å². The third-order valence-electron chi connectivity index (χ3n) is 6.88. The number of benzene rings is 1. The first-order chi connectivity index (χ1) is 16.9. The van der Waals surface area contributed by atoms with Gasteiger partial charge in [0.05, 0.1) is 30.1 Å². The number of methoxy groups -OCH3 is 1. The smallest absolute Gasteiger partial charge is 0.257 e. The number of anilines is 1. The van der Waals surface area contributed by atoms with E-state index < -0.39 is 6.10 Å². The molecule has 0 amide bonds. The zero-order valence-corrected chi connectivity index (χ0v) is 20.5. The first-order valence-electron chi connectivity index (χ1n) is 12.1. The Bertz CT molecular complexity index is 1300. The number of aliphatic hydroxyl groups is 2. The fraction of sp³-hybridized carbons (Fsp3) is 0.444. The standard InChI is InChI=1S/C27H33N3O5/c1-4-18-19-11-17(28-9-7-16(2)8-10-31)5-6-23(19)29-26-21(18)13-30-24(26)12-20(25(33)14-32)22(15-35-3)27(30)34/h5-6,11-12,14,16,25,28,31,33H,4,7-10,13,15H2,1-3H3. The lowest BCUT2D eigenvalue weighted by atomic mass is 9.97. The van der Waals surface area contributed by atoms with E-state index in [0.29, 0.717) is 30.1 Å². The van der Waals surface area contributed by atoms with Crippen LogP contribution in [0.5, 0.6) is 0 Å². The Hall–Kier alpha value is -3.07. The second-order valence-electron chi connectivity index (χ2n) is 9.20. The van der Waals surface area contributed by atoms with E-state index in [2.05, 4.69) is 25.2 Å². The number of hydrogen-bond acceptors (Lipinski definition) is 7. The summed E-state index contributed by atoms with van der Waals surface area (Å²) in [4.78, 5) is 29.6. The molecule has 1 aromatic carbocycles. The van der Waals surface area contributed by atoms with Crippen LogP contribution in [0.15, 0.2) is 29.1 Å². The molecule has 0 saturated heterocycles. The van der Waals surface area contributed by atoms with Crippen molar-refractivity contribution in [3.8, 4) is 11.4 Å². The molecule has 3 aromatic rings. The minimum absolute atomic E-state index is 0.0116. The SMILES string of the molecule is CCc1c2c(nc3ccc(NCCC(C)CCO)cc13)-c1cc(C(O)C=O)c(COC)c(=O)n1C2. The average Bonchev–Trinajstić information content (AvgIpc) is 3.22. The molecule has 4 rings (SSSR count). The van der Waals surface area contributed by atoms with Gasteiger partial charge in [-0.3, -0.25) is 4.79 Å². The van der Waals surface area contributed by atoms with E-state index in [4.69, 9.17) is 14.8 Å². The molecule has 35 heavy (non-hydrogen) atoms. The molecule has 0 spiro atoms. The Labute approximate surface area is 204 Å². The number of rotatable bonds is 11. The molecule has 0 saturated carbocycles. The van der Waals surface area contributed by atoms with Gasteiger partial charge in [0.15, 0.2) is 6.29 Å². The molecule has 0 bridgehead atoms. The number of carbonyl (C=O) groups excluding carboxylic acids is 1. The number of hydrogen-bond donors (Lipinski definition) is 3. The van der Waals surface area contributed by atoms with Crippen LogP contribution in [0.4, 0.5) is 5.69 Å². The van der Waals surface area contributed by atoms with Crippen LogP contribution in [0.3, 0.4) is 0 Å². The van der Waals surface area contributed by atoms with Gasteiger partial charge in [-0.25, -0.2) is 4.98 Å². The van der Waals surface area contributed by atoms with Crippen LogP contribution >= 0.6 is 0 Å². The van der Waals surface area contributed by atoms with Crippen LogP contribution < -0.4 is 10.9 Å². The molecule has 0 aliphatic carbocycles. The maximum absolute atomic E-state index is 13.3. The summed E-state index contributed by atoms with van der Waals surface area (Å²) in [7, 11) is 1.48. The minimum atomic E-state index is -1.40. The molecule has 8 heteroatoms. The van der Waals surface area contributed by atoms with Gasteiger partial charge < -0.3 is 29.6 Å². The van der Waals surface area contributed by atoms with E-state index in [1.165, 1.54) is 7.11 Å². The predicted octanol–water partition coefficient (Wildman–Crippen LogP) is 3.19. The van der Waals surface area contributed by atoms with Gasteiger partial charge in [-0.15, -0.1) is 0 Å². The fourth-order valence-corrected chi connectivity index (χ4v) is 4.94. The molecule has 8 nitrogen and oxygen atoms in total. The zero-order chi connectivity index (χ0) is 25.1. The third kappa shape index (κ3) is 4.74. The fourth-order valence-electron chi connectivity index (χ4n) is 4.94. The first-order valence-corrected chi connectivity index (χ1v) is 12.1. The summed E-state index contributed by atoms with van der Waals surface area (Å²) in [6.07, 6.45) is 1.56. The van der Waals surface area contributed by atoms with Crippen molar-refractivity contribution in [1.29, 1.82) is 0 Å². The molecular weight excluding hydrogens is 446 g/mol. The minimum Gasteiger partial charge on any atom is -0.396 e. The highest BCUT2D eigenvalue weighted by Gasteiger charge is 2.29. The summed E-state index contributed by atoms with van der Waals surface area (Å²) in [6, 6.07) is 7.79. The van der Waals surface area contributed by atoms with Crippen LogP contribution in [0.1, 0.15) is 55.0 Å². The van der Waals surface area contributed by atoms with Crippen LogP contribution in [0, 0.1) is 5.92 Å². The summed E-state index contributed by atoms with van der Waals surface area (Å²) < 4.78 is 6.85. The van der Waals surface area contributed by atoms with Crippen molar-refractivity contribution in [3.63, 3.8) is 0 Å². The molecule has 0 fully saturated rings. The van der Waals surface area contributed by atoms with Crippen molar-refractivity contribution in [2.75, 3.05) is 25.6 Å². The Morgan fingerprint density at radius 3 is 2.74 bits per heavy atom. The lowest BCUT2D eigenvalue weighted by Gasteiger charge is -2.14. The largest absolute Gasteiger partial charge is 0.396 e. The van der Waals surface area contributed by atoms with Crippen molar-refractivity contribution < 1.29 is 19.7 Å². The van der Waals surface area contributed by atoms with E-state index in [0.717, 1.165) is 53.5 Å². The summed E-state index contributed by atoms with van der Waals surface area (Å²) in [5, 5.41) is 23.9. The van der Waals surface area contributed by atoms with Crippen molar-refractivity contribution in [2.45, 2.75) is 52.4 Å². The molecule has 186 valence electrons. The number of aromatic nitrogens is 2. The normalized spacial score (nSPS) is 14.0. The van der Waals surface area contributed by atoms with Gasteiger partial charge in [-0.2, -0.15) is 0 Å². The van der Waals surface area contributed by atoms with Crippen LogP contribution in [0.25, 0.3) is 22.3 Å².